The molecule has 6 nitrogen and oxygen atoms in total. The van der Waals surface area contributed by atoms with Crippen molar-refractivity contribution in [2.24, 2.45) is 0 Å². The van der Waals surface area contributed by atoms with Crippen molar-refractivity contribution in [3.8, 4) is 0 Å². The van der Waals surface area contributed by atoms with Gasteiger partial charge in [0.15, 0.2) is 5.11 Å². The van der Waals surface area contributed by atoms with Gasteiger partial charge >= 0.3 is 0 Å². The fourth-order valence-corrected chi connectivity index (χ4v) is 3.63. The molecular formula is C19H25N3O3S2. The first-order valence-electron chi connectivity index (χ1n) is 8.46. The van der Waals surface area contributed by atoms with Gasteiger partial charge in [0.1, 0.15) is 0 Å². The number of sulfonamides is 1. The maximum Gasteiger partial charge on any atom is 0.242 e. The van der Waals surface area contributed by atoms with Crippen molar-refractivity contribution in [2.75, 3.05) is 39.7 Å². The van der Waals surface area contributed by atoms with Crippen molar-refractivity contribution >= 4 is 33.0 Å². The van der Waals surface area contributed by atoms with Crippen LogP contribution in [-0.4, -0.2) is 57.1 Å². The molecule has 0 aliphatic rings. The monoisotopic (exact) mass is 407 g/mol. The zero-order valence-electron chi connectivity index (χ0n) is 15.8. The maximum atomic E-state index is 12.3. The Hall–Kier alpha value is -2.00. The number of nitrogens with one attached hydrogen (secondary N) is 1. The van der Waals surface area contributed by atoms with Crippen LogP contribution in [0, 0.1) is 0 Å². The highest BCUT2D eigenvalue weighted by Crippen LogP contribution is 2.18. The molecule has 0 radical (unpaired) electrons. The summed E-state index contributed by atoms with van der Waals surface area (Å²) in [6.45, 7) is 1.78. The Morgan fingerprint density at radius 1 is 1.11 bits per heavy atom. The number of nitrogens with zero attached hydrogens (tertiary/aromatic N) is 2. The highest BCUT2D eigenvalue weighted by atomic mass is 32.2. The Kier molecular flexibility index (Phi) is 7.73. The molecule has 0 aliphatic heterocycles. The van der Waals surface area contributed by atoms with E-state index >= 15 is 0 Å². The predicted molar refractivity (Wildman–Crippen MR) is 112 cm³/mol. The van der Waals surface area contributed by atoms with Crippen molar-refractivity contribution in [2.45, 2.75) is 11.4 Å². The van der Waals surface area contributed by atoms with Crippen LogP contribution in [0.3, 0.4) is 0 Å². The lowest BCUT2D eigenvalue weighted by Crippen LogP contribution is -2.36. The van der Waals surface area contributed by atoms with E-state index in [0.29, 0.717) is 30.5 Å². The first-order chi connectivity index (χ1) is 12.8. The normalized spacial score (nSPS) is 11.4. The van der Waals surface area contributed by atoms with E-state index < -0.39 is 10.0 Å². The average molecular weight is 408 g/mol. The molecule has 1 N–H and O–H groups in total. The summed E-state index contributed by atoms with van der Waals surface area (Å²) >= 11 is 5.56. The van der Waals surface area contributed by atoms with Crippen molar-refractivity contribution in [1.29, 1.82) is 0 Å². The summed E-state index contributed by atoms with van der Waals surface area (Å²) < 4.78 is 31.0. The maximum absolute atomic E-state index is 12.3. The third kappa shape index (κ3) is 6.00. The van der Waals surface area contributed by atoms with Gasteiger partial charge in [-0.25, -0.2) is 12.7 Å². The third-order valence-corrected chi connectivity index (χ3v) is 6.10. The number of methoxy groups -OCH3 is 1. The lowest BCUT2D eigenvalue weighted by molar-refractivity contribution is 0.175. The molecule has 0 aliphatic carbocycles. The van der Waals surface area contributed by atoms with Gasteiger partial charge in [-0.3, -0.25) is 0 Å². The van der Waals surface area contributed by atoms with Gasteiger partial charge in [-0.1, -0.05) is 36.4 Å². The zero-order valence-corrected chi connectivity index (χ0v) is 17.4. The molecular weight excluding hydrogens is 382 g/mol. The number of hydrogen-bond acceptors (Lipinski definition) is 4. The largest absolute Gasteiger partial charge is 0.383 e. The molecule has 0 bridgehead atoms. The molecule has 2 aromatic carbocycles. The molecule has 0 spiro atoms. The van der Waals surface area contributed by atoms with Crippen LogP contribution in [0.25, 0.3) is 0 Å². The molecule has 0 heterocycles. The number of rotatable bonds is 8. The summed E-state index contributed by atoms with van der Waals surface area (Å²) in [7, 11) is 1.16. The summed E-state index contributed by atoms with van der Waals surface area (Å²) in [6.07, 6.45) is 0. The summed E-state index contributed by atoms with van der Waals surface area (Å²) in [6, 6.07) is 16.6. The van der Waals surface area contributed by atoms with Crippen LogP contribution >= 0.6 is 12.2 Å². The van der Waals surface area contributed by atoms with Crippen LogP contribution in [0.15, 0.2) is 59.5 Å². The molecule has 0 atom stereocenters. The van der Waals surface area contributed by atoms with Gasteiger partial charge in [-0.15, -0.1) is 0 Å². The Morgan fingerprint density at radius 3 is 2.44 bits per heavy atom. The first kappa shape index (κ1) is 21.3. The van der Waals surface area contributed by atoms with E-state index in [9.17, 15) is 8.42 Å². The van der Waals surface area contributed by atoms with Crippen LogP contribution in [0.1, 0.15) is 5.56 Å². The lowest BCUT2D eigenvalue weighted by Gasteiger charge is -2.26. The van der Waals surface area contributed by atoms with E-state index in [1.807, 2.05) is 35.2 Å². The molecule has 0 saturated heterocycles. The van der Waals surface area contributed by atoms with Gasteiger partial charge in [0, 0.05) is 40.0 Å². The number of ether oxygens (including phenoxy) is 1. The van der Waals surface area contributed by atoms with Gasteiger partial charge in [-0.05, 0) is 36.0 Å². The van der Waals surface area contributed by atoms with Crippen LogP contribution in [0.5, 0.6) is 0 Å². The van der Waals surface area contributed by atoms with Crippen molar-refractivity contribution in [3.63, 3.8) is 0 Å². The van der Waals surface area contributed by atoms with Crippen LogP contribution < -0.4 is 5.32 Å². The second-order valence-corrected chi connectivity index (χ2v) is 8.68. The smallest absolute Gasteiger partial charge is 0.242 e. The second-order valence-electron chi connectivity index (χ2n) is 6.15. The van der Waals surface area contributed by atoms with E-state index in [1.54, 1.807) is 31.4 Å². The Bertz CT molecular complexity index is 856. The molecule has 27 heavy (non-hydrogen) atoms. The Labute approximate surface area is 166 Å². The number of thiocarbonyl (C=S) groups is 1. The number of benzene rings is 2. The van der Waals surface area contributed by atoms with E-state index in [1.165, 1.54) is 18.4 Å². The van der Waals surface area contributed by atoms with Gasteiger partial charge in [0.2, 0.25) is 10.0 Å². The molecule has 0 unspecified atom stereocenters. The highest BCUT2D eigenvalue weighted by molar-refractivity contribution is 7.89. The molecule has 2 aromatic rings. The number of hydrogen-bond donors (Lipinski definition) is 1. The highest BCUT2D eigenvalue weighted by Gasteiger charge is 2.18. The zero-order chi connectivity index (χ0) is 19.9. The molecule has 8 heteroatoms. The van der Waals surface area contributed by atoms with E-state index in [0.717, 1.165) is 5.56 Å². The SMILES string of the molecule is COCCN(Cc1ccccc1)C(=S)Nc1cccc(S(=O)(=O)N(C)C)c1. The Morgan fingerprint density at radius 2 is 1.81 bits per heavy atom. The van der Waals surface area contributed by atoms with Crippen molar-refractivity contribution in [1.82, 2.24) is 9.21 Å². The minimum atomic E-state index is -3.50. The summed E-state index contributed by atoms with van der Waals surface area (Å²) in [5.74, 6) is 0. The summed E-state index contributed by atoms with van der Waals surface area (Å²) in [4.78, 5) is 2.20. The fourth-order valence-electron chi connectivity index (χ4n) is 2.41. The minimum Gasteiger partial charge on any atom is -0.383 e. The van der Waals surface area contributed by atoms with E-state index in [-0.39, 0.29) is 4.90 Å². The summed E-state index contributed by atoms with van der Waals surface area (Å²) in [5.41, 5.74) is 1.75. The second kappa shape index (κ2) is 9.80. The van der Waals surface area contributed by atoms with Crippen molar-refractivity contribution in [3.05, 3.63) is 60.2 Å². The molecule has 0 fully saturated rings. The van der Waals surface area contributed by atoms with Gasteiger partial charge in [0.25, 0.3) is 0 Å². The predicted octanol–water partition coefficient (Wildman–Crippen LogP) is 2.78. The molecule has 2 rings (SSSR count). The van der Waals surface area contributed by atoms with Gasteiger partial charge < -0.3 is 15.0 Å². The topological polar surface area (TPSA) is 61.9 Å². The third-order valence-electron chi connectivity index (χ3n) is 3.93. The molecule has 0 saturated carbocycles. The van der Waals surface area contributed by atoms with Crippen LogP contribution in [-0.2, 0) is 21.3 Å². The summed E-state index contributed by atoms with van der Waals surface area (Å²) in [5, 5.41) is 3.65. The van der Waals surface area contributed by atoms with Crippen LogP contribution in [0.2, 0.25) is 0 Å². The first-order valence-corrected chi connectivity index (χ1v) is 10.3. The van der Waals surface area contributed by atoms with Gasteiger partial charge in [-0.2, -0.15) is 0 Å². The Balaban J connectivity index is 2.17. The van der Waals surface area contributed by atoms with Crippen LogP contribution in [0.4, 0.5) is 5.69 Å². The van der Waals surface area contributed by atoms with Gasteiger partial charge in [0.05, 0.1) is 11.5 Å². The quantitative estimate of drug-likeness (QED) is 0.679. The van der Waals surface area contributed by atoms with E-state index in [2.05, 4.69) is 5.32 Å². The van der Waals surface area contributed by atoms with Crippen molar-refractivity contribution < 1.29 is 13.2 Å². The lowest BCUT2D eigenvalue weighted by atomic mass is 10.2. The standard InChI is InChI=1S/C19H25N3O3S2/c1-21(2)27(23,24)18-11-7-10-17(14-18)20-19(26)22(12-13-25-3)15-16-8-5-4-6-9-16/h4-11,14H,12-13,15H2,1-3H3,(H,20,26). The van der Waals surface area contributed by atoms with E-state index in [4.69, 9.17) is 17.0 Å². The minimum absolute atomic E-state index is 0.215. The molecule has 0 aromatic heterocycles. The molecule has 0 amide bonds. The number of anilines is 1. The molecule has 146 valence electrons. The fraction of sp³-hybridized carbons (Fsp3) is 0.316. The average Bonchev–Trinajstić information content (AvgIpc) is 2.66.